The summed E-state index contributed by atoms with van der Waals surface area (Å²) < 4.78 is 11.2. The average molecular weight is 345 g/mol. The van der Waals surface area contributed by atoms with Gasteiger partial charge in [0, 0.05) is 19.7 Å². The molecule has 2 amide bonds. The molecule has 0 saturated carbocycles. The summed E-state index contributed by atoms with van der Waals surface area (Å²) in [6.45, 7) is 4.17. The first kappa shape index (κ1) is 18.4. The van der Waals surface area contributed by atoms with Gasteiger partial charge in [0.2, 0.25) is 0 Å². The second-order valence-electron chi connectivity index (χ2n) is 5.40. The fourth-order valence-electron chi connectivity index (χ4n) is 2.35. The summed E-state index contributed by atoms with van der Waals surface area (Å²) in [5, 5.41) is 5.22. The van der Waals surface area contributed by atoms with E-state index in [0.717, 1.165) is 11.3 Å². The Hall–Kier alpha value is -2.96. The zero-order valence-electron chi connectivity index (χ0n) is 14.8. The quantitative estimate of drug-likeness (QED) is 0.718. The van der Waals surface area contributed by atoms with Crippen molar-refractivity contribution in [1.29, 1.82) is 0 Å². The van der Waals surface area contributed by atoms with Crippen LogP contribution in [0.2, 0.25) is 0 Å². The SMILES string of the molecule is CCNC(=O)c1cc(O[C@@H](C)c2cccc(OC)c2)c(C(=O)NC)[nH]1. The number of rotatable bonds is 7. The van der Waals surface area contributed by atoms with Gasteiger partial charge in [-0.25, -0.2) is 0 Å². The molecule has 0 spiro atoms. The molecule has 0 bridgehead atoms. The molecule has 0 unspecified atom stereocenters. The van der Waals surface area contributed by atoms with Crippen molar-refractivity contribution in [2.45, 2.75) is 20.0 Å². The van der Waals surface area contributed by atoms with Gasteiger partial charge in [-0.05, 0) is 31.5 Å². The third kappa shape index (κ3) is 4.32. The maximum atomic E-state index is 12.1. The predicted molar refractivity (Wildman–Crippen MR) is 94.2 cm³/mol. The van der Waals surface area contributed by atoms with Crippen molar-refractivity contribution < 1.29 is 19.1 Å². The molecule has 1 aromatic heterocycles. The number of methoxy groups -OCH3 is 1. The smallest absolute Gasteiger partial charge is 0.271 e. The molecular weight excluding hydrogens is 322 g/mol. The molecule has 7 nitrogen and oxygen atoms in total. The topological polar surface area (TPSA) is 92.4 Å². The van der Waals surface area contributed by atoms with Crippen LogP contribution in [0.4, 0.5) is 0 Å². The summed E-state index contributed by atoms with van der Waals surface area (Å²) in [6.07, 6.45) is -0.337. The molecule has 0 aliphatic heterocycles. The summed E-state index contributed by atoms with van der Waals surface area (Å²) in [7, 11) is 3.11. The van der Waals surface area contributed by atoms with Crippen LogP contribution in [0.3, 0.4) is 0 Å². The summed E-state index contributed by atoms with van der Waals surface area (Å²) in [4.78, 5) is 26.9. The predicted octanol–water partition coefficient (Wildman–Crippen LogP) is 2.27. The van der Waals surface area contributed by atoms with Crippen LogP contribution in [-0.4, -0.2) is 37.5 Å². The second kappa shape index (κ2) is 8.23. The van der Waals surface area contributed by atoms with Crippen molar-refractivity contribution in [1.82, 2.24) is 15.6 Å². The van der Waals surface area contributed by atoms with Crippen LogP contribution in [0, 0.1) is 0 Å². The lowest BCUT2D eigenvalue weighted by Crippen LogP contribution is -2.23. The molecule has 2 aromatic rings. The maximum absolute atomic E-state index is 12.1. The van der Waals surface area contributed by atoms with Crippen molar-refractivity contribution in [3.8, 4) is 11.5 Å². The second-order valence-corrected chi connectivity index (χ2v) is 5.40. The van der Waals surface area contributed by atoms with Crippen LogP contribution in [0.1, 0.15) is 46.5 Å². The Morgan fingerprint density at radius 1 is 1.24 bits per heavy atom. The first-order chi connectivity index (χ1) is 12.0. The molecular formula is C18H23N3O4. The lowest BCUT2D eigenvalue weighted by atomic mass is 10.1. The Bertz CT molecular complexity index is 755. The Morgan fingerprint density at radius 2 is 2.00 bits per heavy atom. The number of amides is 2. The highest BCUT2D eigenvalue weighted by molar-refractivity contribution is 5.99. The van der Waals surface area contributed by atoms with Crippen LogP contribution < -0.4 is 20.1 Å². The van der Waals surface area contributed by atoms with E-state index in [1.807, 2.05) is 38.1 Å². The van der Waals surface area contributed by atoms with Gasteiger partial charge >= 0.3 is 0 Å². The van der Waals surface area contributed by atoms with Crippen molar-refractivity contribution in [3.63, 3.8) is 0 Å². The Kier molecular flexibility index (Phi) is 6.05. The van der Waals surface area contributed by atoms with E-state index in [-0.39, 0.29) is 29.3 Å². The van der Waals surface area contributed by atoms with E-state index in [9.17, 15) is 9.59 Å². The first-order valence-corrected chi connectivity index (χ1v) is 8.04. The van der Waals surface area contributed by atoms with Crippen LogP contribution in [0.15, 0.2) is 30.3 Å². The van der Waals surface area contributed by atoms with Gasteiger partial charge in [-0.3, -0.25) is 9.59 Å². The molecule has 134 valence electrons. The number of hydrogen-bond acceptors (Lipinski definition) is 4. The number of nitrogens with one attached hydrogen (secondary N) is 3. The Balaban J connectivity index is 2.29. The normalized spacial score (nSPS) is 11.5. The van der Waals surface area contributed by atoms with Crippen molar-refractivity contribution in [2.24, 2.45) is 0 Å². The van der Waals surface area contributed by atoms with Gasteiger partial charge in [0.25, 0.3) is 11.8 Å². The molecule has 1 heterocycles. The zero-order chi connectivity index (χ0) is 18.4. The van der Waals surface area contributed by atoms with Crippen molar-refractivity contribution in [2.75, 3.05) is 20.7 Å². The number of aromatic nitrogens is 1. The average Bonchev–Trinajstić information content (AvgIpc) is 3.05. The third-order valence-corrected chi connectivity index (χ3v) is 3.68. The summed E-state index contributed by atoms with van der Waals surface area (Å²) >= 11 is 0. The molecule has 0 saturated heterocycles. The van der Waals surface area contributed by atoms with Crippen molar-refractivity contribution in [3.05, 3.63) is 47.3 Å². The standard InChI is InChI=1S/C18H23N3O4/c1-5-20-17(22)14-10-15(16(21-14)18(23)19-3)25-11(2)12-7-6-8-13(9-12)24-4/h6-11,21H,5H2,1-4H3,(H,19,23)(H,20,22)/t11-/m0/s1. The van der Waals surface area contributed by atoms with E-state index in [2.05, 4.69) is 15.6 Å². The van der Waals surface area contributed by atoms with Crippen LogP contribution >= 0.6 is 0 Å². The summed E-state index contributed by atoms with van der Waals surface area (Å²) in [6, 6.07) is 9.01. The molecule has 0 fully saturated rings. The molecule has 25 heavy (non-hydrogen) atoms. The maximum Gasteiger partial charge on any atom is 0.271 e. The zero-order valence-corrected chi connectivity index (χ0v) is 14.8. The number of hydrogen-bond donors (Lipinski definition) is 3. The Morgan fingerprint density at radius 3 is 2.64 bits per heavy atom. The number of ether oxygens (including phenoxy) is 2. The number of H-pyrrole nitrogens is 1. The molecule has 0 aliphatic carbocycles. The van der Waals surface area contributed by atoms with E-state index in [0.29, 0.717) is 12.3 Å². The fourth-order valence-corrected chi connectivity index (χ4v) is 2.35. The van der Waals surface area contributed by atoms with E-state index >= 15 is 0 Å². The highest BCUT2D eigenvalue weighted by Gasteiger charge is 2.21. The highest BCUT2D eigenvalue weighted by Crippen LogP contribution is 2.28. The van der Waals surface area contributed by atoms with Crippen LogP contribution in [-0.2, 0) is 0 Å². The molecule has 0 aliphatic rings. The van der Waals surface area contributed by atoms with Crippen LogP contribution in [0.5, 0.6) is 11.5 Å². The fraction of sp³-hybridized carbons (Fsp3) is 0.333. The van der Waals surface area contributed by atoms with Gasteiger partial charge in [-0.1, -0.05) is 12.1 Å². The van der Waals surface area contributed by atoms with E-state index in [1.165, 1.54) is 13.1 Å². The first-order valence-electron chi connectivity index (χ1n) is 8.04. The lowest BCUT2D eigenvalue weighted by Gasteiger charge is -2.15. The molecule has 2 rings (SSSR count). The lowest BCUT2D eigenvalue weighted by molar-refractivity contribution is 0.0951. The van der Waals surface area contributed by atoms with Crippen LogP contribution in [0.25, 0.3) is 0 Å². The van der Waals surface area contributed by atoms with Gasteiger partial charge in [-0.15, -0.1) is 0 Å². The number of carbonyl (C=O) groups excluding carboxylic acids is 2. The molecule has 1 atom stereocenters. The minimum Gasteiger partial charge on any atom is -0.497 e. The summed E-state index contributed by atoms with van der Waals surface area (Å²) in [5.74, 6) is 0.382. The van der Waals surface area contributed by atoms with E-state index < -0.39 is 0 Å². The minimum atomic E-state index is -0.358. The monoisotopic (exact) mass is 345 g/mol. The highest BCUT2D eigenvalue weighted by atomic mass is 16.5. The molecule has 7 heteroatoms. The number of carbonyl (C=O) groups is 2. The van der Waals surface area contributed by atoms with Gasteiger partial charge in [-0.2, -0.15) is 0 Å². The molecule has 1 aromatic carbocycles. The van der Waals surface area contributed by atoms with E-state index in [1.54, 1.807) is 7.11 Å². The molecule has 0 radical (unpaired) electrons. The van der Waals surface area contributed by atoms with Gasteiger partial charge in [0.1, 0.15) is 23.2 Å². The largest absolute Gasteiger partial charge is 0.497 e. The minimum absolute atomic E-state index is 0.207. The van der Waals surface area contributed by atoms with Gasteiger partial charge in [0.15, 0.2) is 5.75 Å². The number of aromatic amines is 1. The molecule has 3 N–H and O–H groups in total. The van der Waals surface area contributed by atoms with Gasteiger partial charge in [0.05, 0.1) is 7.11 Å². The summed E-state index contributed by atoms with van der Waals surface area (Å²) in [5.41, 5.74) is 1.37. The Labute approximate surface area is 146 Å². The number of benzene rings is 1. The third-order valence-electron chi connectivity index (χ3n) is 3.68. The van der Waals surface area contributed by atoms with Crippen molar-refractivity contribution >= 4 is 11.8 Å². The van der Waals surface area contributed by atoms with E-state index in [4.69, 9.17) is 9.47 Å². The van der Waals surface area contributed by atoms with Gasteiger partial charge < -0.3 is 25.1 Å².